The fourth-order valence-electron chi connectivity index (χ4n) is 2.00. The van der Waals surface area contributed by atoms with E-state index in [0.29, 0.717) is 5.41 Å². The Hall–Kier alpha value is 0.220. The minimum Gasteiger partial charge on any atom is -0.114 e. The highest BCUT2D eigenvalue weighted by Gasteiger charge is 2.36. The molecule has 2 atom stereocenters. The molecule has 9 heavy (non-hydrogen) atoms. The minimum absolute atomic E-state index is 0. The Morgan fingerprint density at radius 2 is 2.33 bits per heavy atom. The summed E-state index contributed by atoms with van der Waals surface area (Å²) in [4.78, 5) is 0. The number of halogens is 1. The van der Waals surface area contributed by atoms with Crippen molar-refractivity contribution in [2.24, 2.45) is 11.3 Å². The number of hydrogen-bond acceptors (Lipinski definition) is 0. The van der Waals surface area contributed by atoms with Crippen LogP contribution in [0.1, 0.15) is 26.2 Å². The molecule has 2 bridgehead atoms. The van der Waals surface area contributed by atoms with Crippen molar-refractivity contribution in [3.63, 3.8) is 0 Å². The molecule has 2 rings (SSSR count). The van der Waals surface area contributed by atoms with Gasteiger partial charge in [0.2, 0.25) is 0 Å². The molecule has 0 heterocycles. The molecule has 0 aromatic rings. The van der Waals surface area contributed by atoms with Gasteiger partial charge < -0.3 is 0 Å². The lowest BCUT2D eigenvalue weighted by atomic mass is 9.91. The van der Waals surface area contributed by atoms with Crippen molar-refractivity contribution >= 4 is 17.0 Å². The summed E-state index contributed by atoms with van der Waals surface area (Å²) in [6.45, 7) is 2.37. The summed E-state index contributed by atoms with van der Waals surface area (Å²) in [6.07, 6.45) is 9.12. The van der Waals surface area contributed by atoms with Gasteiger partial charge in [0, 0.05) is 0 Å². The molecule has 1 heteroatoms. The third kappa shape index (κ3) is 1.07. The summed E-state index contributed by atoms with van der Waals surface area (Å²) in [7, 11) is 0. The second-order valence-electron chi connectivity index (χ2n) is 3.52. The van der Waals surface area contributed by atoms with Crippen molar-refractivity contribution in [3.05, 3.63) is 12.2 Å². The van der Waals surface area contributed by atoms with E-state index in [9.17, 15) is 0 Å². The molecule has 2 unspecified atom stereocenters. The lowest BCUT2D eigenvalue weighted by Crippen LogP contribution is -2.02. The largest absolute Gasteiger partial charge is 0.114 e. The highest BCUT2D eigenvalue weighted by atomic mass is 79.9. The predicted octanol–water partition coefficient (Wildman–Crippen LogP) is 2.94. The average Bonchev–Trinajstić information content (AvgIpc) is 2.21. The molecule has 2 aliphatic rings. The Morgan fingerprint density at radius 1 is 1.56 bits per heavy atom. The van der Waals surface area contributed by atoms with Gasteiger partial charge in [-0.3, -0.25) is 0 Å². The standard InChI is InChI=1S/C8H12.BrH/c1-8-4-2-7(6-8)3-5-8;/h2,4,7H,3,5-6H2,1H3;1H. The van der Waals surface area contributed by atoms with Gasteiger partial charge in [0.25, 0.3) is 0 Å². The fourth-order valence-corrected chi connectivity index (χ4v) is 2.00. The van der Waals surface area contributed by atoms with Crippen LogP contribution in [0.3, 0.4) is 0 Å². The van der Waals surface area contributed by atoms with Crippen molar-refractivity contribution in [1.82, 2.24) is 0 Å². The summed E-state index contributed by atoms with van der Waals surface area (Å²) in [5.41, 5.74) is 0.630. The van der Waals surface area contributed by atoms with Crippen molar-refractivity contribution in [2.75, 3.05) is 0 Å². The molecule has 1 fully saturated rings. The van der Waals surface area contributed by atoms with Gasteiger partial charge in [-0.1, -0.05) is 19.1 Å². The van der Waals surface area contributed by atoms with Gasteiger partial charge >= 0.3 is 0 Å². The van der Waals surface area contributed by atoms with E-state index in [-0.39, 0.29) is 17.0 Å². The van der Waals surface area contributed by atoms with Gasteiger partial charge in [-0.15, -0.1) is 17.0 Å². The van der Waals surface area contributed by atoms with Crippen molar-refractivity contribution in [2.45, 2.75) is 26.2 Å². The lowest BCUT2D eigenvalue weighted by molar-refractivity contribution is 0.455. The van der Waals surface area contributed by atoms with E-state index in [0.717, 1.165) is 5.92 Å². The fraction of sp³-hybridized carbons (Fsp3) is 0.750. The zero-order valence-electron chi connectivity index (χ0n) is 5.76. The normalized spacial score (nSPS) is 45.2. The van der Waals surface area contributed by atoms with Crippen molar-refractivity contribution in [1.29, 1.82) is 0 Å². The summed E-state index contributed by atoms with van der Waals surface area (Å²) >= 11 is 0. The Balaban J connectivity index is 0.000000405. The highest BCUT2D eigenvalue weighted by molar-refractivity contribution is 8.93. The molecule has 0 aromatic carbocycles. The molecule has 0 spiro atoms. The quantitative estimate of drug-likeness (QED) is 0.514. The summed E-state index contributed by atoms with van der Waals surface area (Å²) < 4.78 is 0. The topological polar surface area (TPSA) is 0 Å². The predicted molar refractivity (Wildman–Crippen MR) is 44.9 cm³/mol. The van der Waals surface area contributed by atoms with E-state index in [4.69, 9.17) is 0 Å². The molecular formula is C8H13Br. The second-order valence-corrected chi connectivity index (χ2v) is 3.52. The monoisotopic (exact) mass is 188 g/mol. The van der Waals surface area contributed by atoms with Crippen LogP contribution in [-0.4, -0.2) is 0 Å². The molecule has 0 aromatic heterocycles. The minimum atomic E-state index is 0. The molecule has 0 saturated heterocycles. The molecule has 1 saturated carbocycles. The van der Waals surface area contributed by atoms with Crippen LogP contribution in [0.4, 0.5) is 0 Å². The number of fused-ring (bicyclic) bond motifs is 2. The van der Waals surface area contributed by atoms with E-state index < -0.39 is 0 Å². The van der Waals surface area contributed by atoms with E-state index in [1.54, 1.807) is 0 Å². The van der Waals surface area contributed by atoms with Gasteiger partial charge in [-0.05, 0) is 30.6 Å². The number of allylic oxidation sites excluding steroid dienone is 2. The Labute approximate surface area is 67.1 Å². The maximum absolute atomic E-state index is 2.40. The van der Waals surface area contributed by atoms with Crippen LogP contribution in [0.15, 0.2) is 12.2 Å². The van der Waals surface area contributed by atoms with Gasteiger partial charge in [0.05, 0.1) is 0 Å². The molecule has 52 valence electrons. The van der Waals surface area contributed by atoms with Crippen LogP contribution in [0.2, 0.25) is 0 Å². The van der Waals surface area contributed by atoms with Crippen molar-refractivity contribution in [3.8, 4) is 0 Å². The van der Waals surface area contributed by atoms with Crippen LogP contribution in [0.25, 0.3) is 0 Å². The van der Waals surface area contributed by atoms with Crippen LogP contribution in [0, 0.1) is 11.3 Å². The SMILES string of the molecule is Br.CC12C=CC(CC1)C2. The molecule has 0 aliphatic heterocycles. The van der Waals surface area contributed by atoms with Gasteiger partial charge in [0.1, 0.15) is 0 Å². The number of rotatable bonds is 0. The first-order chi connectivity index (χ1) is 3.79. The van der Waals surface area contributed by atoms with E-state index in [1.807, 2.05) is 0 Å². The lowest BCUT2D eigenvalue weighted by Gasteiger charge is -2.14. The maximum Gasteiger partial charge on any atom is -0.0141 e. The van der Waals surface area contributed by atoms with Gasteiger partial charge in [-0.2, -0.15) is 0 Å². The Bertz CT molecular complexity index is 140. The third-order valence-electron chi connectivity index (χ3n) is 2.59. The van der Waals surface area contributed by atoms with Crippen LogP contribution in [-0.2, 0) is 0 Å². The summed E-state index contributed by atoms with van der Waals surface area (Å²) in [6, 6.07) is 0. The first-order valence-electron chi connectivity index (χ1n) is 3.48. The van der Waals surface area contributed by atoms with Gasteiger partial charge in [-0.25, -0.2) is 0 Å². The average molecular weight is 189 g/mol. The van der Waals surface area contributed by atoms with Crippen LogP contribution >= 0.6 is 17.0 Å². The van der Waals surface area contributed by atoms with E-state index in [1.165, 1.54) is 19.3 Å². The van der Waals surface area contributed by atoms with E-state index >= 15 is 0 Å². The van der Waals surface area contributed by atoms with Crippen LogP contribution < -0.4 is 0 Å². The zero-order valence-corrected chi connectivity index (χ0v) is 7.47. The maximum atomic E-state index is 2.40. The summed E-state index contributed by atoms with van der Waals surface area (Å²) in [5, 5.41) is 0. The van der Waals surface area contributed by atoms with Crippen molar-refractivity contribution < 1.29 is 0 Å². The molecule has 0 amide bonds. The first kappa shape index (κ1) is 7.33. The Kier molecular flexibility index (Phi) is 1.73. The zero-order chi connectivity index (χ0) is 5.61. The highest BCUT2D eigenvalue weighted by Crippen LogP contribution is 2.48. The molecular weight excluding hydrogens is 176 g/mol. The first-order valence-corrected chi connectivity index (χ1v) is 3.48. The van der Waals surface area contributed by atoms with Gasteiger partial charge in [0.15, 0.2) is 0 Å². The molecule has 2 aliphatic carbocycles. The number of hydrogen-bond donors (Lipinski definition) is 0. The third-order valence-corrected chi connectivity index (χ3v) is 2.59. The second kappa shape index (κ2) is 2.12. The smallest absolute Gasteiger partial charge is 0.0141 e. The molecule has 0 radical (unpaired) electrons. The summed E-state index contributed by atoms with van der Waals surface area (Å²) in [5.74, 6) is 0.958. The van der Waals surface area contributed by atoms with Crippen LogP contribution in [0.5, 0.6) is 0 Å². The Morgan fingerprint density at radius 3 is 2.44 bits per heavy atom. The molecule has 0 nitrogen and oxygen atoms in total. The molecule has 0 N–H and O–H groups in total. The van der Waals surface area contributed by atoms with E-state index in [2.05, 4.69) is 19.1 Å².